The molecule has 61 heavy (non-hydrogen) atoms. The minimum Gasteiger partial charge on any atom is -0.455 e. The highest BCUT2D eigenvalue weighted by Crippen LogP contribution is 2.51. The van der Waals surface area contributed by atoms with Crippen molar-refractivity contribution >= 4 is 65.6 Å². The maximum atomic E-state index is 7.31. The molecule has 7 aromatic carbocycles. The lowest BCUT2D eigenvalue weighted by Gasteiger charge is -2.29. The van der Waals surface area contributed by atoms with Crippen molar-refractivity contribution in [1.29, 1.82) is 0 Å². The Kier molecular flexibility index (Phi) is 8.47. The summed E-state index contributed by atoms with van der Waals surface area (Å²) in [5, 5.41) is 7.39. The van der Waals surface area contributed by atoms with Crippen molar-refractivity contribution in [2.75, 3.05) is 0 Å². The Morgan fingerprint density at radius 3 is 1.44 bits per heavy atom. The Morgan fingerprint density at radius 1 is 0.377 bits per heavy atom. The molecule has 0 saturated carbocycles. The Balaban J connectivity index is 1.40. The van der Waals surface area contributed by atoms with E-state index in [9.17, 15) is 0 Å². The van der Waals surface area contributed by atoms with Gasteiger partial charge in [-0.3, -0.25) is 0 Å². The van der Waals surface area contributed by atoms with E-state index in [-0.39, 0.29) is 21.7 Å². The molecule has 0 bridgehead atoms. The van der Waals surface area contributed by atoms with Crippen molar-refractivity contribution < 1.29 is 4.42 Å². The number of rotatable bonds is 3. The average molecular weight is 799 g/mol. The molecule has 0 spiro atoms. The highest BCUT2D eigenvalue weighted by Gasteiger charge is 2.33. The first-order valence-electron chi connectivity index (χ1n) is 22.0. The molecule has 0 aliphatic heterocycles. The lowest BCUT2D eigenvalue weighted by molar-refractivity contribution is 0.547. The summed E-state index contributed by atoms with van der Waals surface area (Å²) in [5.74, 6) is 0. The van der Waals surface area contributed by atoms with Gasteiger partial charge >= 0.3 is 0 Å². The van der Waals surface area contributed by atoms with Crippen LogP contribution in [0, 0.1) is 0 Å². The first-order chi connectivity index (χ1) is 28.8. The van der Waals surface area contributed by atoms with Crippen LogP contribution >= 0.6 is 0 Å². The predicted octanol–water partition coefficient (Wildman–Crippen LogP) is 16.6. The summed E-state index contributed by atoms with van der Waals surface area (Å²) in [6.07, 6.45) is 0. The van der Waals surface area contributed by atoms with Crippen molar-refractivity contribution in [1.82, 2.24) is 9.13 Å². The van der Waals surface area contributed by atoms with Crippen LogP contribution in [0.3, 0.4) is 0 Å². The van der Waals surface area contributed by atoms with Crippen LogP contribution in [-0.2, 0) is 21.7 Å². The number of para-hydroxylation sites is 3. The molecule has 3 nitrogen and oxygen atoms in total. The lowest BCUT2D eigenvalue weighted by atomic mass is 9.74. The summed E-state index contributed by atoms with van der Waals surface area (Å²) in [4.78, 5) is 0. The van der Waals surface area contributed by atoms with Gasteiger partial charge in [0.2, 0.25) is 0 Å². The Labute approximate surface area is 360 Å². The van der Waals surface area contributed by atoms with Gasteiger partial charge in [0.25, 0.3) is 0 Å². The summed E-state index contributed by atoms with van der Waals surface area (Å²) in [6.45, 7) is 28.0. The van der Waals surface area contributed by atoms with Gasteiger partial charge in [0.15, 0.2) is 0 Å². The summed E-state index contributed by atoms with van der Waals surface area (Å²) < 4.78 is 12.3. The molecule has 0 atom stereocenters. The quantitative estimate of drug-likeness (QED) is 0.175. The van der Waals surface area contributed by atoms with Gasteiger partial charge < -0.3 is 13.6 Å². The molecule has 0 radical (unpaired) electrons. The first kappa shape index (κ1) is 39.1. The number of benzene rings is 7. The van der Waals surface area contributed by atoms with Crippen LogP contribution in [-0.4, -0.2) is 9.13 Å². The molecule has 0 unspecified atom stereocenters. The molecule has 0 saturated heterocycles. The summed E-state index contributed by atoms with van der Waals surface area (Å²) in [5.41, 5.74) is 16.3. The van der Waals surface area contributed by atoms with E-state index in [1.165, 1.54) is 87.8 Å². The van der Waals surface area contributed by atoms with Gasteiger partial charge in [0.05, 0.1) is 22.1 Å². The van der Waals surface area contributed by atoms with E-state index in [0.29, 0.717) is 0 Å². The standard InChI is InChI=1S/C58H58N2O/c1-55(2,3)36-32-43-50-49(44(56(4,5)6)34-46(58(10,11)12)54(50)61-53(43)45(33-36)57(7,8)9)35-27-30-48-42(31-35)41-29-28-40-39-25-19-20-26-47(39)59(37-21-15-13-16-22-37)51(40)52(41)60(48)38-23-17-14-18-24-38/h13-34H,1-12H3. The summed E-state index contributed by atoms with van der Waals surface area (Å²) in [6, 6.07) is 49.8. The summed E-state index contributed by atoms with van der Waals surface area (Å²) in [7, 11) is 0. The van der Waals surface area contributed by atoms with Gasteiger partial charge in [0.1, 0.15) is 11.2 Å². The van der Waals surface area contributed by atoms with Gasteiger partial charge in [-0.2, -0.15) is 0 Å². The monoisotopic (exact) mass is 798 g/mol. The highest BCUT2D eigenvalue weighted by molar-refractivity contribution is 6.25. The highest BCUT2D eigenvalue weighted by atomic mass is 16.3. The second kappa shape index (κ2) is 13.2. The van der Waals surface area contributed by atoms with Crippen LogP contribution in [0.4, 0.5) is 0 Å². The van der Waals surface area contributed by atoms with Crippen LogP contribution in [0.1, 0.15) is 105 Å². The molecular formula is C58H58N2O. The van der Waals surface area contributed by atoms with Crippen molar-refractivity contribution in [2.45, 2.75) is 105 Å². The maximum Gasteiger partial charge on any atom is 0.139 e. The van der Waals surface area contributed by atoms with Crippen LogP contribution < -0.4 is 0 Å². The van der Waals surface area contributed by atoms with E-state index in [0.717, 1.165) is 22.5 Å². The Bertz CT molecular complexity index is 3360. The first-order valence-corrected chi connectivity index (χ1v) is 22.0. The molecule has 0 aliphatic carbocycles. The average Bonchev–Trinajstić information content (AvgIpc) is 3.87. The second-order valence-corrected chi connectivity index (χ2v) is 21.5. The van der Waals surface area contributed by atoms with E-state index in [4.69, 9.17) is 4.42 Å². The molecule has 0 aliphatic rings. The van der Waals surface area contributed by atoms with E-state index in [1.54, 1.807) is 0 Å². The molecule has 0 amide bonds. The van der Waals surface area contributed by atoms with Gasteiger partial charge in [0, 0.05) is 54.8 Å². The normalized spacial score (nSPS) is 13.2. The second-order valence-electron chi connectivity index (χ2n) is 21.5. The lowest BCUT2D eigenvalue weighted by Crippen LogP contribution is -2.18. The molecule has 3 heterocycles. The van der Waals surface area contributed by atoms with Crippen molar-refractivity contribution in [3.05, 3.63) is 156 Å². The molecule has 306 valence electrons. The fourth-order valence-electron chi connectivity index (χ4n) is 9.89. The zero-order valence-corrected chi connectivity index (χ0v) is 38.0. The largest absolute Gasteiger partial charge is 0.455 e. The zero-order valence-electron chi connectivity index (χ0n) is 38.0. The molecule has 3 aromatic heterocycles. The number of hydrogen-bond donors (Lipinski definition) is 0. The van der Waals surface area contributed by atoms with Gasteiger partial charge in [-0.1, -0.05) is 168 Å². The van der Waals surface area contributed by atoms with Crippen molar-refractivity contribution in [2.24, 2.45) is 0 Å². The smallest absolute Gasteiger partial charge is 0.139 e. The van der Waals surface area contributed by atoms with Gasteiger partial charge in [-0.05, 0) is 92.4 Å². The Hall–Kier alpha value is -6.06. The molecule has 0 fully saturated rings. The fourth-order valence-corrected chi connectivity index (χ4v) is 9.89. The minimum absolute atomic E-state index is 0.0435. The number of aromatic nitrogens is 2. The predicted molar refractivity (Wildman–Crippen MR) is 263 cm³/mol. The Morgan fingerprint density at radius 2 is 0.885 bits per heavy atom. The number of nitrogens with zero attached hydrogens (tertiary/aromatic N) is 2. The topological polar surface area (TPSA) is 23.0 Å². The van der Waals surface area contributed by atoms with Crippen LogP contribution in [0.15, 0.2) is 138 Å². The fraction of sp³-hybridized carbons (Fsp3) is 0.276. The SMILES string of the molecule is CC(C)(C)c1cc(C(C)(C)C)c2oc3c(C(C)(C)C)cc(C(C)(C)C)c(-c4ccc5c(c4)c4ccc6c7ccccc7n(-c7ccccc7)c6c4n5-c4ccccc4)c3c2c1. The zero-order chi connectivity index (χ0) is 43.0. The van der Waals surface area contributed by atoms with Gasteiger partial charge in [-0.15, -0.1) is 0 Å². The van der Waals surface area contributed by atoms with Gasteiger partial charge in [-0.25, -0.2) is 0 Å². The molecule has 0 N–H and O–H groups in total. The molecule has 10 aromatic rings. The molecule has 10 rings (SSSR count). The third-order valence-electron chi connectivity index (χ3n) is 13.0. The number of furan rings is 1. The summed E-state index contributed by atoms with van der Waals surface area (Å²) >= 11 is 0. The third-order valence-corrected chi connectivity index (χ3v) is 13.0. The van der Waals surface area contributed by atoms with E-state index in [1.807, 2.05) is 0 Å². The van der Waals surface area contributed by atoms with Crippen molar-refractivity contribution in [3.63, 3.8) is 0 Å². The van der Waals surface area contributed by atoms with Crippen molar-refractivity contribution in [3.8, 4) is 22.5 Å². The minimum atomic E-state index is -0.155. The molecule has 3 heteroatoms. The van der Waals surface area contributed by atoms with E-state index >= 15 is 0 Å². The number of fused-ring (bicyclic) bond motifs is 10. The van der Waals surface area contributed by atoms with Crippen LogP contribution in [0.2, 0.25) is 0 Å². The van der Waals surface area contributed by atoms with Crippen LogP contribution in [0.5, 0.6) is 0 Å². The third kappa shape index (κ3) is 6.06. The van der Waals surface area contributed by atoms with E-state index < -0.39 is 0 Å². The number of hydrogen-bond acceptors (Lipinski definition) is 1. The maximum absolute atomic E-state index is 7.31. The van der Waals surface area contributed by atoms with E-state index in [2.05, 4.69) is 226 Å². The van der Waals surface area contributed by atoms with Crippen LogP contribution in [0.25, 0.3) is 88.1 Å². The molecular weight excluding hydrogens is 741 g/mol.